The standard InChI is InChI=1S/C24H22FN3O3S/c1-31-21-9-8-15(11-18(21)25)13-27-23(29)20(28-24(30)22-7-4-10-32-22)12-16-14-26-19-6-3-2-5-17(16)19/h2-11,14,20,26H,12-13H2,1H3,(H,27,29)(H,28,30). The van der Waals surface area contributed by atoms with Crippen LogP contribution < -0.4 is 15.4 Å². The highest BCUT2D eigenvalue weighted by atomic mass is 32.1. The van der Waals surface area contributed by atoms with Gasteiger partial charge in [0.05, 0.1) is 12.0 Å². The number of amides is 2. The minimum atomic E-state index is -0.799. The number of H-pyrrole nitrogens is 1. The van der Waals surface area contributed by atoms with Crippen LogP contribution in [0.3, 0.4) is 0 Å². The molecule has 0 aliphatic carbocycles. The van der Waals surface area contributed by atoms with Crippen LogP contribution in [-0.4, -0.2) is 29.9 Å². The molecule has 0 saturated carbocycles. The van der Waals surface area contributed by atoms with E-state index in [1.807, 2.05) is 35.8 Å². The summed E-state index contributed by atoms with van der Waals surface area (Å²) >= 11 is 1.31. The molecule has 0 bridgehead atoms. The fraction of sp³-hybridized carbons (Fsp3) is 0.167. The Kier molecular flexibility index (Phi) is 6.51. The number of fused-ring (bicyclic) bond motifs is 1. The van der Waals surface area contributed by atoms with Gasteiger partial charge in [0.1, 0.15) is 6.04 Å². The van der Waals surface area contributed by atoms with E-state index in [1.165, 1.54) is 30.6 Å². The van der Waals surface area contributed by atoms with E-state index in [1.54, 1.807) is 18.2 Å². The number of carbonyl (C=O) groups excluding carboxylic acids is 2. The van der Waals surface area contributed by atoms with Gasteiger partial charge in [0, 0.05) is 30.1 Å². The highest BCUT2D eigenvalue weighted by Crippen LogP contribution is 2.20. The van der Waals surface area contributed by atoms with Gasteiger partial charge in [-0.2, -0.15) is 0 Å². The molecule has 8 heteroatoms. The summed E-state index contributed by atoms with van der Waals surface area (Å²) in [5, 5.41) is 8.45. The maximum atomic E-state index is 14.0. The van der Waals surface area contributed by atoms with Crippen molar-refractivity contribution in [3.8, 4) is 5.75 Å². The third-order valence-electron chi connectivity index (χ3n) is 5.15. The second-order valence-electron chi connectivity index (χ2n) is 7.25. The maximum Gasteiger partial charge on any atom is 0.262 e. The third-order valence-corrected chi connectivity index (χ3v) is 6.02. The van der Waals surface area contributed by atoms with Crippen LogP contribution >= 0.6 is 11.3 Å². The minimum absolute atomic E-state index is 0.124. The maximum absolute atomic E-state index is 14.0. The molecular weight excluding hydrogens is 429 g/mol. The number of para-hydroxylation sites is 1. The van der Waals surface area contributed by atoms with E-state index in [0.717, 1.165) is 16.5 Å². The number of hydrogen-bond donors (Lipinski definition) is 3. The van der Waals surface area contributed by atoms with Crippen LogP contribution in [0.5, 0.6) is 5.75 Å². The first kappa shape index (κ1) is 21.6. The van der Waals surface area contributed by atoms with E-state index in [-0.39, 0.29) is 24.1 Å². The molecule has 6 nitrogen and oxygen atoms in total. The molecule has 2 amide bonds. The number of thiophene rings is 1. The van der Waals surface area contributed by atoms with Crippen molar-refractivity contribution in [2.75, 3.05) is 7.11 Å². The molecule has 2 aromatic carbocycles. The molecule has 2 aromatic heterocycles. The van der Waals surface area contributed by atoms with Crippen LogP contribution in [0.25, 0.3) is 10.9 Å². The van der Waals surface area contributed by atoms with Gasteiger partial charge in [-0.1, -0.05) is 30.3 Å². The van der Waals surface area contributed by atoms with Gasteiger partial charge >= 0.3 is 0 Å². The van der Waals surface area contributed by atoms with Crippen molar-refractivity contribution in [1.29, 1.82) is 0 Å². The molecule has 1 unspecified atom stereocenters. The Morgan fingerprint density at radius 2 is 2.00 bits per heavy atom. The Bertz CT molecular complexity index is 1240. The molecule has 0 spiro atoms. The molecule has 0 aliphatic rings. The SMILES string of the molecule is COc1ccc(CNC(=O)C(Cc2c[nH]c3ccccc23)NC(=O)c2cccs2)cc1F. The van der Waals surface area contributed by atoms with Crippen molar-refractivity contribution < 1.29 is 18.7 Å². The number of rotatable bonds is 8. The lowest BCUT2D eigenvalue weighted by atomic mass is 10.0. The third kappa shape index (κ3) is 4.81. The van der Waals surface area contributed by atoms with Gasteiger partial charge in [-0.15, -0.1) is 11.3 Å². The number of methoxy groups -OCH3 is 1. The predicted octanol–water partition coefficient (Wildman–Crippen LogP) is 4.03. The number of aromatic amines is 1. The van der Waals surface area contributed by atoms with Crippen LogP contribution in [0.4, 0.5) is 4.39 Å². The number of benzene rings is 2. The number of hydrogen-bond acceptors (Lipinski definition) is 4. The second kappa shape index (κ2) is 9.65. The van der Waals surface area contributed by atoms with Gasteiger partial charge in [0.15, 0.2) is 11.6 Å². The smallest absolute Gasteiger partial charge is 0.262 e. The van der Waals surface area contributed by atoms with E-state index >= 15 is 0 Å². The number of ether oxygens (including phenoxy) is 1. The van der Waals surface area contributed by atoms with Crippen LogP contribution in [0.1, 0.15) is 20.8 Å². The first-order chi connectivity index (χ1) is 15.5. The van der Waals surface area contributed by atoms with Gasteiger partial charge in [-0.05, 0) is 40.8 Å². The van der Waals surface area contributed by atoms with E-state index in [9.17, 15) is 14.0 Å². The Balaban J connectivity index is 1.51. The highest BCUT2D eigenvalue weighted by molar-refractivity contribution is 7.12. The normalized spacial score (nSPS) is 11.8. The van der Waals surface area contributed by atoms with Crippen molar-refractivity contribution in [3.63, 3.8) is 0 Å². The van der Waals surface area contributed by atoms with Crippen molar-refractivity contribution in [2.45, 2.75) is 19.0 Å². The number of aromatic nitrogens is 1. The van der Waals surface area contributed by atoms with Crippen LogP contribution in [-0.2, 0) is 17.8 Å². The summed E-state index contributed by atoms with van der Waals surface area (Å²) in [6, 6.07) is 15.0. The first-order valence-electron chi connectivity index (χ1n) is 10.0. The average molecular weight is 452 g/mol. The van der Waals surface area contributed by atoms with E-state index in [2.05, 4.69) is 15.6 Å². The van der Waals surface area contributed by atoms with Crippen molar-refractivity contribution in [1.82, 2.24) is 15.6 Å². The van der Waals surface area contributed by atoms with Gasteiger partial charge < -0.3 is 20.4 Å². The Labute approximate surface area is 188 Å². The van der Waals surface area contributed by atoms with Gasteiger partial charge in [-0.3, -0.25) is 9.59 Å². The molecule has 0 saturated heterocycles. The van der Waals surface area contributed by atoms with Crippen LogP contribution in [0.2, 0.25) is 0 Å². The molecule has 32 heavy (non-hydrogen) atoms. The number of nitrogens with one attached hydrogen (secondary N) is 3. The quantitative estimate of drug-likeness (QED) is 0.378. The lowest BCUT2D eigenvalue weighted by molar-refractivity contribution is -0.123. The summed E-state index contributed by atoms with van der Waals surface area (Å²) in [6.07, 6.45) is 2.16. The molecule has 0 fully saturated rings. The lowest BCUT2D eigenvalue weighted by Gasteiger charge is -2.18. The molecule has 4 rings (SSSR count). The molecule has 1 atom stereocenters. The number of carbonyl (C=O) groups is 2. The largest absolute Gasteiger partial charge is 0.494 e. The number of halogens is 1. The molecule has 0 aliphatic heterocycles. The predicted molar refractivity (Wildman–Crippen MR) is 122 cm³/mol. The van der Waals surface area contributed by atoms with E-state index in [4.69, 9.17) is 4.74 Å². The molecule has 164 valence electrons. The van der Waals surface area contributed by atoms with Gasteiger partial charge in [0.25, 0.3) is 5.91 Å². The summed E-state index contributed by atoms with van der Waals surface area (Å²) in [4.78, 5) is 29.4. The molecule has 0 radical (unpaired) electrons. The summed E-state index contributed by atoms with van der Waals surface area (Å²) in [5.74, 6) is -1.02. The van der Waals surface area contributed by atoms with Crippen LogP contribution in [0, 0.1) is 5.82 Å². The van der Waals surface area contributed by atoms with Gasteiger partial charge in [-0.25, -0.2) is 4.39 Å². The van der Waals surface area contributed by atoms with Crippen molar-refractivity contribution in [2.24, 2.45) is 0 Å². The molecular formula is C24H22FN3O3S. The van der Waals surface area contributed by atoms with Gasteiger partial charge in [0.2, 0.25) is 5.91 Å². The zero-order chi connectivity index (χ0) is 22.5. The molecule has 4 aromatic rings. The molecule has 2 heterocycles. The van der Waals surface area contributed by atoms with Crippen molar-refractivity contribution >= 4 is 34.1 Å². The summed E-state index contributed by atoms with van der Waals surface area (Å²) in [6.45, 7) is 0.124. The highest BCUT2D eigenvalue weighted by Gasteiger charge is 2.23. The first-order valence-corrected chi connectivity index (χ1v) is 10.9. The zero-order valence-electron chi connectivity index (χ0n) is 17.4. The zero-order valence-corrected chi connectivity index (χ0v) is 18.2. The Morgan fingerprint density at radius 1 is 1.16 bits per heavy atom. The summed E-state index contributed by atoms with van der Waals surface area (Å²) in [7, 11) is 1.39. The topological polar surface area (TPSA) is 83.2 Å². The van der Waals surface area contributed by atoms with E-state index < -0.39 is 11.9 Å². The molecule has 3 N–H and O–H groups in total. The Hall–Kier alpha value is -3.65. The lowest BCUT2D eigenvalue weighted by Crippen LogP contribution is -2.47. The summed E-state index contributed by atoms with van der Waals surface area (Å²) in [5.41, 5.74) is 2.47. The minimum Gasteiger partial charge on any atom is -0.494 e. The fourth-order valence-electron chi connectivity index (χ4n) is 3.50. The van der Waals surface area contributed by atoms with Crippen molar-refractivity contribution in [3.05, 3.63) is 88.0 Å². The summed E-state index contributed by atoms with van der Waals surface area (Å²) < 4.78 is 18.9. The fourth-order valence-corrected chi connectivity index (χ4v) is 4.13. The Morgan fingerprint density at radius 3 is 2.75 bits per heavy atom. The monoisotopic (exact) mass is 451 g/mol. The van der Waals surface area contributed by atoms with E-state index in [0.29, 0.717) is 16.9 Å². The average Bonchev–Trinajstić information content (AvgIpc) is 3.48. The second-order valence-corrected chi connectivity index (χ2v) is 8.20. The van der Waals surface area contributed by atoms with Crippen LogP contribution in [0.15, 0.2) is 66.2 Å².